The van der Waals surface area contributed by atoms with Crippen LogP contribution in [-0.2, 0) is 21.3 Å². The predicted molar refractivity (Wildman–Crippen MR) is 103 cm³/mol. The molecule has 1 aliphatic rings. The lowest BCUT2D eigenvalue weighted by Crippen LogP contribution is -2.40. The summed E-state index contributed by atoms with van der Waals surface area (Å²) in [5, 5.41) is 3.43. The first kappa shape index (κ1) is 18.7. The summed E-state index contributed by atoms with van der Waals surface area (Å²) in [6.45, 7) is 1.91. The van der Waals surface area contributed by atoms with Crippen molar-refractivity contribution in [1.82, 2.24) is 14.3 Å². The van der Waals surface area contributed by atoms with Crippen LogP contribution in [0.15, 0.2) is 53.7 Å². The van der Waals surface area contributed by atoms with Crippen molar-refractivity contribution in [3.05, 3.63) is 60.2 Å². The van der Waals surface area contributed by atoms with Crippen molar-refractivity contribution >= 4 is 26.7 Å². The Labute approximate surface area is 162 Å². The smallest absolute Gasteiger partial charge is 0.243 e. The van der Waals surface area contributed by atoms with E-state index in [1.165, 1.54) is 16.7 Å². The van der Waals surface area contributed by atoms with Gasteiger partial charge in [-0.15, -0.1) is 0 Å². The van der Waals surface area contributed by atoms with Gasteiger partial charge in [0.05, 0.1) is 29.0 Å². The lowest BCUT2D eigenvalue weighted by atomic mass is 10.2. The molecule has 2 aromatic carbocycles. The largest absolute Gasteiger partial charge is 0.379 e. The lowest BCUT2D eigenvalue weighted by molar-refractivity contribution is 0.0730. The normalized spacial score (nSPS) is 15.6. The molecule has 1 aromatic heterocycles. The van der Waals surface area contributed by atoms with E-state index >= 15 is 0 Å². The van der Waals surface area contributed by atoms with Crippen LogP contribution < -0.4 is 5.32 Å². The second-order valence-corrected chi connectivity index (χ2v) is 8.31. The van der Waals surface area contributed by atoms with E-state index in [4.69, 9.17) is 4.74 Å². The van der Waals surface area contributed by atoms with Crippen molar-refractivity contribution < 1.29 is 17.5 Å². The zero-order chi connectivity index (χ0) is 19.6. The number of hydrogen-bond donors (Lipinski definition) is 1. The fourth-order valence-corrected chi connectivity index (χ4v) is 4.51. The summed E-state index contributed by atoms with van der Waals surface area (Å²) in [6.07, 6.45) is 1.38. The van der Waals surface area contributed by atoms with Crippen LogP contribution in [0.4, 0.5) is 10.2 Å². The first-order valence-corrected chi connectivity index (χ1v) is 10.3. The Balaban J connectivity index is 1.50. The van der Waals surface area contributed by atoms with E-state index in [0.717, 1.165) is 5.56 Å². The van der Waals surface area contributed by atoms with Gasteiger partial charge >= 0.3 is 0 Å². The number of aromatic nitrogens is 2. The SMILES string of the molecule is O=S(=O)(c1ccc(CNc2ncnc3cccc(F)c23)cc1)N1CCOCC1. The van der Waals surface area contributed by atoms with E-state index in [-0.39, 0.29) is 4.90 Å². The summed E-state index contributed by atoms with van der Waals surface area (Å²) < 4.78 is 46.1. The number of ether oxygens (including phenoxy) is 1. The van der Waals surface area contributed by atoms with Gasteiger partial charge in [-0.3, -0.25) is 0 Å². The van der Waals surface area contributed by atoms with Crippen LogP contribution in [-0.4, -0.2) is 49.0 Å². The number of hydrogen-bond acceptors (Lipinski definition) is 6. The Kier molecular flexibility index (Phi) is 5.21. The number of benzene rings is 2. The first-order valence-electron chi connectivity index (χ1n) is 8.85. The van der Waals surface area contributed by atoms with Gasteiger partial charge in [0.1, 0.15) is 18.0 Å². The standard InChI is InChI=1S/C19H19FN4O3S/c20-16-2-1-3-17-18(16)19(23-13-22-17)21-12-14-4-6-15(7-5-14)28(25,26)24-8-10-27-11-9-24/h1-7,13H,8-12H2,(H,21,22,23). The van der Waals surface area contributed by atoms with Crippen LogP contribution >= 0.6 is 0 Å². The molecule has 0 amide bonds. The van der Waals surface area contributed by atoms with E-state index in [2.05, 4.69) is 15.3 Å². The number of sulfonamides is 1. The summed E-state index contributed by atoms with van der Waals surface area (Å²) in [4.78, 5) is 8.44. The molecule has 0 bridgehead atoms. The van der Waals surface area contributed by atoms with Gasteiger partial charge in [0.25, 0.3) is 0 Å². The molecule has 4 rings (SSSR count). The molecule has 28 heavy (non-hydrogen) atoms. The van der Waals surface area contributed by atoms with E-state index in [0.29, 0.717) is 49.6 Å². The molecular weight excluding hydrogens is 383 g/mol. The molecule has 0 radical (unpaired) electrons. The maximum atomic E-state index is 14.1. The molecule has 0 spiro atoms. The van der Waals surface area contributed by atoms with E-state index in [1.807, 2.05) is 0 Å². The monoisotopic (exact) mass is 402 g/mol. The Bertz CT molecular complexity index is 1080. The summed E-state index contributed by atoms with van der Waals surface area (Å²) in [5.74, 6) is 0.000618. The molecule has 9 heteroatoms. The van der Waals surface area contributed by atoms with Crippen LogP contribution in [0.5, 0.6) is 0 Å². The highest BCUT2D eigenvalue weighted by atomic mass is 32.2. The Morgan fingerprint density at radius 2 is 1.82 bits per heavy atom. The van der Waals surface area contributed by atoms with Crippen LogP contribution in [0.1, 0.15) is 5.56 Å². The van der Waals surface area contributed by atoms with E-state index in [9.17, 15) is 12.8 Å². The molecule has 1 N–H and O–H groups in total. The molecule has 1 saturated heterocycles. The average Bonchev–Trinajstić information content (AvgIpc) is 2.73. The second kappa shape index (κ2) is 7.78. The van der Waals surface area contributed by atoms with Crippen molar-refractivity contribution in [3.63, 3.8) is 0 Å². The number of nitrogens with one attached hydrogen (secondary N) is 1. The minimum absolute atomic E-state index is 0.247. The molecule has 0 aliphatic carbocycles. The van der Waals surface area contributed by atoms with Gasteiger partial charge in [-0.25, -0.2) is 22.8 Å². The summed E-state index contributed by atoms with van der Waals surface area (Å²) in [6, 6.07) is 11.3. The molecule has 0 unspecified atom stereocenters. The van der Waals surface area contributed by atoms with Crippen LogP contribution in [0.2, 0.25) is 0 Å². The molecule has 1 fully saturated rings. The number of morpholine rings is 1. The Morgan fingerprint density at radius 1 is 1.07 bits per heavy atom. The number of anilines is 1. The van der Waals surface area contributed by atoms with Crippen molar-refractivity contribution in [3.8, 4) is 0 Å². The highest BCUT2D eigenvalue weighted by molar-refractivity contribution is 7.89. The number of fused-ring (bicyclic) bond motifs is 1. The molecule has 146 valence electrons. The fourth-order valence-electron chi connectivity index (χ4n) is 3.10. The molecule has 3 aromatic rings. The number of nitrogens with zero attached hydrogens (tertiary/aromatic N) is 3. The quantitative estimate of drug-likeness (QED) is 0.706. The van der Waals surface area contributed by atoms with E-state index in [1.54, 1.807) is 36.4 Å². The van der Waals surface area contributed by atoms with Gasteiger partial charge < -0.3 is 10.1 Å². The molecule has 0 saturated carbocycles. The van der Waals surface area contributed by atoms with E-state index < -0.39 is 15.8 Å². The maximum absolute atomic E-state index is 14.1. The number of halogens is 1. The highest BCUT2D eigenvalue weighted by Crippen LogP contribution is 2.23. The predicted octanol–water partition coefficient (Wildman–Crippen LogP) is 2.40. The molecular formula is C19H19FN4O3S. The number of rotatable bonds is 5. The van der Waals surface area contributed by atoms with Crippen LogP contribution in [0.25, 0.3) is 10.9 Å². The van der Waals surface area contributed by atoms with Crippen molar-refractivity contribution in [2.75, 3.05) is 31.6 Å². The highest BCUT2D eigenvalue weighted by Gasteiger charge is 2.26. The molecule has 0 atom stereocenters. The van der Waals surface area contributed by atoms with Gasteiger partial charge in [0.2, 0.25) is 10.0 Å². The topological polar surface area (TPSA) is 84.4 Å². The fraction of sp³-hybridized carbons (Fsp3) is 0.263. The van der Waals surface area contributed by atoms with Crippen molar-refractivity contribution in [1.29, 1.82) is 0 Å². The van der Waals surface area contributed by atoms with Gasteiger partial charge in [-0.2, -0.15) is 4.31 Å². The third kappa shape index (κ3) is 3.68. The minimum Gasteiger partial charge on any atom is -0.379 e. The average molecular weight is 402 g/mol. The molecule has 1 aliphatic heterocycles. The maximum Gasteiger partial charge on any atom is 0.243 e. The first-order chi connectivity index (χ1) is 13.6. The molecule has 7 nitrogen and oxygen atoms in total. The zero-order valence-corrected chi connectivity index (χ0v) is 15.8. The van der Waals surface area contributed by atoms with Crippen LogP contribution in [0, 0.1) is 5.82 Å². The minimum atomic E-state index is -3.52. The van der Waals surface area contributed by atoms with Gasteiger partial charge in [0, 0.05) is 19.6 Å². The van der Waals surface area contributed by atoms with Crippen LogP contribution in [0.3, 0.4) is 0 Å². The third-order valence-electron chi connectivity index (χ3n) is 4.60. The Hall–Kier alpha value is -2.62. The lowest BCUT2D eigenvalue weighted by Gasteiger charge is -2.26. The van der Waals surface area contributed by atoms with Gasteiger partial charge in [-0.05, 0) is 29.8 Å². The van der Waals surface area contributed by atoms with Crippen molar-refractivity contribution in [2.24, 2.45) is 0 Å². The summed E-state index contributed by atoms with van der Waals surface area (Å²) >= 11 is 0. The Morgan fingerprint density at radius 3 is 2.57 bits per heavy atom. The zero-order valence-electron chi connectivity index (χ0n) is 15.0. The van der Waals surface area contributed by atoms with Crippen molar-refractivity contribution in [2.45, 2.75) is 11.4 Å². The second-order valence-electron chi connectivity index (χ2n) is 6.37. The molecule has 2 heterocycles. The third-order valence-corrected chi connectivity index (χ3v) is 6.52. The van der Waals surface area contributed by atoms with Gasteiger partial charge in [0.15, 0.2) is 0 Å². The summed E-state index contributed by atoms with van der Waals surface area (Å²) in [5.41, 5.74) is 1.37. The van der Waals surface area contributed by atoms with Gasteiger partial charge in [-0.1, -0.05) is 18.2 Å². The summed E-state index contributed by atoms with van der Waals surface area (Å²) in [7, 11) is -3.52.